The predicted molar refractivity (Wildman–Crippen MR) is 76.6 cm³/mol. The Kier molecular flexibility index (Phi) is 4.52. The molecule has 0 aliphatic rings. The molecule has 0 heterocycles. The zero-order chi connectivity index (χ0) is 13.7. The van der Waals surface area contributed by atoms with Crippen molar-refractivity contribution in [3.63, 3.8) is 0 Å². The van der Waals surface area contributed by atoms with Gasteiger partial charge in [0, 0.05) is 12.0 Å². The number of benzene rings is 2. The lowest BCUT2D eigenvalue weighted by Crippen LogP contribution is -2.13. The number of halogens is 2. The molecule has 0 saturated carbocycles. The number of unbranched alkanes of at least 4 members (excludes halogenated alkanes) is 3. The van der Waals surface area contributed by atoms with Gasteiger partial charge in [0.05, 0.1) is 0 Å². The fraction of sp³-hybridized carbons (Fsp3) is 0.412. The van der Waals surface area contributed by atoms with Crippen LogP contribution in [0.5, 0.6) is 0 Å². The van der Waals surface area contributed by atoms with Gasteiger partial charge < -0.3 is 0 Å². The van der Waals surface area contributed by atoms with E-state index in [9.17, 15) is 8.78 Å². The Balaban J connectivity index is 2.12. The van der Waals surface area contributed by atoms with Gasteiger partial charge in [-0.3, -0.25) is 0 Å². The van der Waals surface area contributed by atoms with E-state index in [0.29, 0.717) is 6.42 Å². The number of fused-ring (bicyclic) bond motifs is 1. The number of alkyl halides is 2. The molecule has 19 heavy (non-hydrogen) atoms. The van der Waals surface area contributed by atoms with Gasteiger partial charge in [-0.1, -0.05) is 62.6 Å². The maximum Gasteiger partial charge on any atom is 0.273 e. The normalized spacial score (nSPS) is 11.9. The van der Waals surface area contributed by atoms with Crippen LogP contribution in [0.3, 0.4) is 0 Å². The minimum atomic E-state index is -2.71. The highest BCUT2D eigenvalue weighted by atomic mass is 19.3. The minimum absolute atomic E-state index is 0.0503. The Morgan fingerprint density at radius 2 is 1.63 bits per heavy atom. The number of hydrogen-bond acceptors (Lipinski definition) is 0. The predicted octanol–water partition coefficient (Wildman–Crippen LogP) is 5.90. The third kappa shape index (κ3) is 3.52. The van der Waals surface area contributed by atoms with Crippen molar-refractivity contribution < 1.29 is 8.78 Å². The van der Waals surface area contributed by atoms with Crippen LogP contribution in [0, 0.1) is 0 Å². The summed E-state index contributed by atoms with van der Waals surface area (Å²) in [5.41, 5.74) is 0.141. The van der Waals surface area contributed by atoms with Crippen molar-refractivity contribution in [2.75, 3.05) is 0 Å². The summed E-state index contributed by atoms with van der Waals surface area (Å²) in [5.74, 6) is -2.71. The standard InChI is InChI=1S/C17H20F2/c1-2-3-4-7-12-17(18,19)16-11-10-14-8-5-6-9-15(14)13-16/h5-6,8-11,13H,2-4,7,12H2,1H3. The Bertz CT molecular complexity index is 532. The number of rotatable bonds is 6. The van der Waals surface area contributed by atoms with Crippen molar-refractivity contribution in [2.45, 2.75) is 45.0 Å². The van der Waals surface area contributed by atoms with Gasteiger partial charge in [0.1, 0.15) is 0 Å². The summed E-state index contributed by atoms with van der Waals surface area (Å²) in [7, 11) is 0. The van der Waals surface area contributed by atoms with Crippen LogP contribution < -0.4 is 0 Å². The second-order valence-corrected chi connectivity index (χ2v) is 5.08. The van der Waals surface area contributed by atoms with E-state index in [1.54, 1.807) is 18.2 Å². The third-order valence-electron chi connectivity index (χ3n) is 3.52. The molecule has 0 nitrogen and oxygen atoms in total. The van der Waals surface area contributed by atoms with E-state index in [4.69, 9.17) is 0 Å². The molecule has 2 aromatic rings. The van der Waals surface area contributed by atoms with Gasteiger partial charge in [-0.15, -0.1) is 0 Å². The van der Waals surface area contributed by atoms with E-state index in [1.165, 1.54) is 0 Å². The van der Waals surface area contributed by atoms with Crippen molar-refractivity contribution in [2.24, 2.45) is 0 Å². The molecule has 0 aliphatic heterocycles. The maximum atomic E-state index is 14.1. The summed E-state index contributed by atoms with van der Waals surface area (Å²) in [4.78, 5) is 0. The van der Waals surface area contributed by atoms with E-state index in [1.807, 2.05) is 24.3 Å². The van der Waals surface area contributed by atoms with Gasteiger partial charge in [-0.05, 0) is 23.3 Å². The van der Waals surface area contributed by atoms with E-state index in [2.05, 4.69) is 6.92 Å². The van der Waals surface area contributed by atoms with Gasteiger partial charge >= 0.3 is 0 Å². The number of hydrogen-bond donors (Lipinski definition) is 0. The highest BCUT2D eigenvalue weighted by Gasteiger charge is 2.30. The molecule has 2 rings (SSSR count). The largest absolute Gasteiger partial charge is 0.273 e. The topological polar surface area (TPSA) is 0 Å². The summed E-state index contributed by atoms with van der Waals surface area (Å²) >= 11 is 0. The summed E-state index contributed by atoms with van der Waals surface area (Å²) in [6.07, 6.45) is 3.54. The molecular weight excluding hydrogens is 242 g/mol. The Labute approximate surface area is 113 Å². The molecule has 0 radical (unpaired) electrons. The fourth-order valence-electron chi connectivity index (χ4n) is 2.33. The molecule has 0 saturated heterocycles. The molecule has 2 heteroatoms. The van der Waals surface area contributed by atoms with Gasteiger partial charge in [0.15, 0.2) is 0 Å². The smallest absolute Gasteiger partial charge is 0.201 e. The van der Waals surface area contributed by atoms with Crippen molar-refractivity contribution in [3.8, 4) is 0 Å². The first kappa shape index (κ1) is 14.0. The van der Waals surface area contributed by atoms with Gasteiger partial charge in [-0.25, -0.2) is 8.78 Å². The molecule has 102 valence electrons. The minimum Gasteiger partial charge on any atom is -0.201 e. The molecule has 0 N–H and O–H groups in total. The van der Waals surface area contributed by atoms with E-state index in [-0.39, 0.29) is 12.0 Å². The average Bonchev–Trinajstić information content (AvgIpc) is 2.43. The molecule has 0 atom stereocenters. The van der Waals surface area contributed by atoms with Crippen LogP contribution >= 0.6 is 0 Å². The van der Waals surface area contributed by atoms with Crippen molar-refractivity contribution in [1.82, 2.24) is 0 Å². The second kappa shape index (κ2) is 6.14. The quantitative estimate of drug-likeness (QED) is 0.568. The van der Waals surface area contributed by atoms with Crippen molar-refractivity contribution in [3.05, 3.63) is 48.0 Å². The van der Waals surface area contributed by atoms with E-state index >= 15 is 0 Å². The fourth-order valence-corrected chi connectivity index (χ4v) is 2.33. The summed E-state index contributed by atoms with van der Waals surface area (Å²) in [6.45, 7) is 2.08. The molecule has 0 bridgehead atoms. The summed E-state index contributed by atoms with van der Waals surface area (Å²) < 4.78 is 28.2. The van der Waals surface area contributed by atoms with Gasteiger partial charge in [0.25, 0.3) is 5.92 Å². The Hall–Kier alpha value is -1.44. The zero-order valence-corrected chi connectivity index (χ0v) is 11.3. The molecule has 0 aromatic heterocycles. The van der Waals surface area contributed by atoms with Gasteiger partial charge in [-0.2, -0.15) is 0 Å². The first-order valence-electron chi connectivity index (χ1n) is 7.00. The average molecular weight is 262 g/mol. The van der Waals surface area contributed by atoms with Crippen molar-refractivity contribution in [1.29, 1.82) is 0 Å². The van der Waals surface area contributed by atoms with Crippen LogP contribution in [0.15, 0.2) is 42.5 Å². The lowest BCUT2D eigenvalue weighted by molar-refractivity contribution is -0.0156. The van der Waals surface area contributed by atoms with Crippen LogP contribution in [0.2, 0.25) is 0 Å². The van der Waals surface area contributed by atoms with Gasteiger partial charge in [0.2, 0.25) is 0 Å². The molecule has 0 fully saturated rings. The summed E-state index contributed by atoms with van der Waals surface area (Å²) in [5, 5.41) is 1.89. The summed E-state index contributed by atoms with van der Waals surface area (Å²) in [6, 6.07) is 12.6. The lowest BCUT2D eigenvalue weighted by Gasteiger charge is -2.17. The monoisotopic (exact) mass is 262 g/mol. The highest BCUT2D eigenvalue weighted by molar-refractivity contribution is 5.83. The van der Waals surface area contributed by atoms with Crippen LogP contribution in [0.4, 0.5) is 8.78 Å². The van der Waals surface area contributed by atoms with Crippen LogP contribution in [-0.4, -0.2) is 0 Å². The van der Waals surface area contributed by atoms with Crippen molar-refractivity contribution >= 4 is 10.8 Å². The highest BCUT2D eigenvalue weighted by Crippen LogP contribution is 2.35. The zero-order valence-electron chi connectivity index (χ0n) is 11.3. The molecule has 0 amide bonds. The van der Waals surface area contributed by atoms with Crippen LogP contribution in [0.1, 0.15) is 44.6 Å². The SMILES string of the molecule is CCCCCCC(F)(F)c1ccc2ccccc2c1. The first-order valence-corrected chi connectivity index (χ1v) is 7.00. The second-order valence-electron chi connectivity index (χ2n) is 5.08. The van der Waals surface area contributed by atoms with E-state index in [0.717, 1.165) is 30.0 Å². The van der Waals surface area contributed by atoms with E-state index < -0.39 is 5.92 Å². The molecule has 0 spiro atoms. The first-order chi connectivity index (χ1) is 9.13. The molecule has 0 unspecified atom stereocenters. The molecular formula is C17H20F2. The third-order valence-corrected chi connectivity index (χ3v) is 3.52. The van der Waals surface area contributed by atoms with Crippen LogP contribution in [0.25, 0.3) is 10.8 Å². The maximum absolute atomic E-state index is 14.1. The molecule has 2 aromatic carbocycles. The van der Waals surface area contributed by atoms with Crippen LogP contribution in [-0.2, 0) is 5.92 Å². The lowest BCUT2D eigenvalue weighted by atomic mass is 9.98. The molecule has 0 aliphatic carbocycles. The Morgan fingerprint density at radius 1 is 0.895 bits per heavy atom. The Morgan fingerprint density at radius 3 is 2.37 bits per heavy atom.